The minimum atomic E-state index is -4.60. The van der Waals surface area contributed by atoms with Gasteiger partial charge in [-0.25, -0.2) is 4.98 Å². The Morgan fingerprint density at radius 2 is 1.88 bits per heavy atom. The molecule has 0 radical (unpaired) electrons. The maximum absolute atomic E-state index is 12.5. The quantitative estimate of drug-likeness (QED) is 0.575. The third kappa shape index (κ3) is 5.69. The number of carbonyl (C=O) groups is 1. The highest BCUT2D eigenvalue weighted by molar-refractivity contribution is 6.33. The van der Waals surface area contributed by atoms with Gasteiger partial charge in [0.2, 0.25) is 5.91 Å². The molecule has 0 aliphatic carbocycles. The minimum absolute atomic E-state index is 0.0395. The number of carbonyl (C=O) groups excluding carboxylic acids is 1. The first-order valence-electron chi connectivity index (χ1n) is 6.92. The molecule has 10 heteroatoms. The normalized spacial score (nSPS) is 11.8. The Labute approximate surface area is 149 Å². The smallest absolute Gasteiger partial charge is 0.417 e. The molecule has 0 bridgehead atoms. The molecule has 138 valence electrons. The van der Waals surface area contributed by atoms with Crippen LogP contribution in [0, 0.1) is 0 Å². The molecule has 0 fully saturated rings. The van der Waals surface area contributed by atoms with Crippen LogP contribution in [0.15, 0.2) is 42.6 Å². The van der Waals surface area contributed by atoms with Gasteiger partial charge < -0.3 is 10.1 Å². The fourth-order valence-electron chi connectivity index (χ4n) is 1.78. The first-order valence-corrected chi connectivity index (χ1v) is 7.29. The summed E-state index contributed by atoms with van der Waals surface area (Å²) in [6.45, 7) is -2.94. The van der Waals surface area contributed by atoms with E-state index in [1.54, 1.807) is 0 Å². The second-order valence-electron chi connectivity index (χ2n) is 4.82. The fourth-order valence-corrected chi connectivity index (χ4v) is 1.99. The second kappa shape index (κ2) is 8.13. The van der Waals surface area contributed by atoms with Gasteiger partial charge in [-0.05, 0) is 29.8 Å². The fraction of sp³-hybridized carbons (Fsp3) is 0.125. The molecule has 1 heterocycles. The second-order valence-corrected chi connectivity index (χ2v) is 5.23. The number of alkyl halides is 5. The largest absolute Gasteiger partial charge is 0.435 e. The highest BCUT2D eigenvalue weighted by Crippen LogP contribution is 2.32. The van der Waals surface area contributed by atoms with Gasteiger partial charge in [0, 0.05) is 12.3 Å². The van der Waals surface area contributed by atoms with Crippen molar-refractivity contribution in [2.45, 2.75) is 12.8 Å². The zero-order valence-corrected chi connectivity index (χ0v) is 13.5. The number of hydrogen-bond acceptors (Lipinski definition) is 3. The van der Waals surface area contributed by atoms with Gasteiger partial charge in [-0.15, -0.1) is 0 Å². The third-order valence-corrected chi connectivity index (χ3v) is 3.23. The standard InChI is InChI=1S/C16H10ClF5N2O2/c17-12-7-10(16(20,21)22)8-23-14(12)24-13(25)6-3-9-1-4-11(5-2-9)26-15(18)19/h1-8,15H,(H,23,24,25)/b6-3+. The van der Waals surface area contributed by atoms with Crippen LogP contribution in [0.3, 0.4) is 0 Å². The zero-order valence-electron chi connectivity index (χ0n) is 12.7. The lowest BCUT2D eigenvalue weighted by Gasteiger charge is -2.09. The van der Waals surface area contributed by atoms with Gasteiger partial charge in [-0.3, -0.25) is 4.79 Å². The molecule has 1 aromatic heterocycles. The van der Waals surface area contributed by atoms with Crippen LogP contribution in [-0.2, 0) is 11.0 Å². The van der Waals surface area contributed by atoms with E-state index in [0.717, 1.165) is 6.08 Å². The zero-order chi connectivity index (χ0) is 19.3. The Morgan fingerprint density at radius 3 is 2.42 bits per heavy atom. The summed E-state index contributed by atoms with van der Waals surface area (Å²) in [4.78, 5) is 15.3. The Morgan fingerprint density at radius 1 is 1.23 bits per heavy atom. The molecule has 26 heavy (non-hydrogen) atoms. The summed E-state index contributed by atoms with van der Waals surface area (Å²) in [5.41, 5.74) is -0.532. The van der Waals surface area contributed by atoms with Crippen LogP contribution in [0.1, 0.15) is 11.1 Å². The van der Waals surface area contributed by atoms with Crippen molar-refractivity contribution in [1.82, 2.24) is 4.98 Å². The van der Waals surface area contributed by atoms with Crippen LogP contribution in [-0.4, -0.2) is 17.5 Å². The molecule has 2 aromatic rings. The molecule has 1 aromatic carbocycles. The van der Waals surface area contributed by atoms with Crippen LogP contribution in [0.2, 0.25) is 5.02 Å². The lowest BCUT2D eigenvalue weighted by molar-refractivity contribution is -0.137. The van der Waals surface area contributed by atoms with Crippen LogP contribution < -0.4 is 10.1 Å². The van der Waals surface area contributed by atoms with Crippen molar-refractivity contribution >= 4 is 29.4 Å². The summed E-state index contributed by atoms with van der Waals surface area (Å²) in [6.07, 6.45) is -1.61. The van der Waals surface area contributed by atoms with E-state index in [4.69, 9.17) is 11.6 Å². The molecule has 0 spiro atoms. The van der Waals surface area contributed by atoms with E-state index < -0.39 is 24.3 Å². The Kier molecular flexibility index (Phi) is 6.14. The van der Waals surface area contributed by atoms with Crippen molar-refractivity contribution in [3.63, 3.8) is 0 Å². The van der Waals surface area contributed by atoms with Crippen molar-refractivity contribution < 1.29 is 31.5 Å². The maximum atomic E-state index is 12.5. The lowest BCUT2D eigenvalue weighted by Crippen LogP contribution is -2.11. The van der Waals surface area contributed by atoms with Gasteiger partial charge in [0.25, 0.3) is 0 Å². The number of amides is 1. The molecule has 0 atom stereocenters. The highest BCUT2D eigenvalue weighted by atomic mass is 35.5. The van der Waals surface area contributed by atoms with Crippen molar-refractivity contribution in [2.24, 2.45) is 0 Å². The molecule has 0 saturated carbocycles. The summed E-state index contributed by atoms with van der Waals surface area (Å²) >= 11 is 5.68. The molecule has 1 N–H and O–H groups in total. The number of pyridine rings is 1. The molecule has 0 unspecified atom stereocenters. The van der Waals surface area contributed by atoms with Crippen LogP contribution in [0.4, 0.5) is 27.8 Å². The number of rotatable bonds is 5. The Bertz CT molecular complexity index is 807. The first kappa shape index (κ1) is 19.6. The number of ether oxygens (including phenoxy) is 1. The number of halogens is 6. The number of nitrogens with one attached hydrogen (secondary N) is 1. The average molecular weight is 393 g/mol. The molecule has 4 nitrogen and oxygen atoms in total. The maximum Gasteiger partial charge on any atom is 0.417 e. The van der Waals surface area contributed by atoms with Crippen molar-refractivity contribution in [3.05, 3.63) is 58.8 Å². The summed E-state index contributed by atoms with van der Waals surface area (Å²) in [7, 11) is 0. The van der Waals surface area contributed by atoms with E-state index >= 15 is 0 Å². The van der Waals surface area contributed by atoms with E-state index in [-0.39, 0.29) is 16.6 Å². The van der Waals surface area contributed by atoms with Crippen molar-refractivity contribution in [1.29, 1.82) is 0 Å². The van der Waals surface area contributed by atoms with Gasteiger partial charge in [0.05, 0.1) is 10.6 Å². The molecular weight excluding hydrogens is 383 g/mol. The summed E-state index contributed by atoms with van der Waals surface area (Å²) < 4.78 is 65.8. The van der Waals surface area contributed by atoms with E-state index in [2.05, 4.69) is 15.0 Å². The van der Waals surface area contributed by atoms with Crippen molar-refractivity contribution in [3.8, 4) is 5.75 Å². The monoisotopic (exact) mass is 392 g/mol. The molecule has 2 rings (SSSR count). The summed E-state index contributed by atoms with van der Waals surface area (Å²) in [5.74, 6) is -0.954. The predicted octanol–water partition coefficient (Wildman–Crippen LogP) is 5.01. The number of aromatic nitrogens is 1. The predicted molar refractivity (Wildman–Crippen MR) is 85.0 cm³/mol. The Hall–Kier alpha value is -2.68. The number of hydrogen-bond donors (Lipinski definition) is 1. The molecule has 0 saturated heterocycles. The lowest BCUT2D eigenvalue weighted by atomic mass is 10.2. The molecular formula is C16H10ClF5N2O2. The molecule has 1 amide bonds. The van der Waals surface area contributed by atoms with Gasteiger partial charge >= 0.3 is 12.8 Å². The summed E-state index contributed by atoms with van der Waals surface area (Å²) in [6, 6.07) is 6.10. The third-order valence-electron chi connectivity index (χ3n) is 2.94. The minimum Gasteiger partial charge on any atom is -0.435 e. The summed E-state index contributed by atoms with van der Waals surface area (Å²) in [5, 5.41) is 1.87. The van der Waals surface area contributed by atoms with Gasteiger partial charge in [0.15, 0.2) is 5.82 Å². The van der Waals surface area contributed by atoms with Crippen LogP contribution in [0.5, 0.6) is 5.75 Å². The molecule has 0 aliphatic rings. The van der Waals surface area contributed by atoms with E-state index in [0.29, 0.717) is 17.8 Å². The van der Waals surface area contributed by atoms with E-state index in [1.165, 1.54) is 30.3 Å². The average Bonchev–Trinajstić information content (AvgIpc) is 2.54. The number of benzene rings is 1. The van der Waals surface area contributed by atoms with Crippen molar-refractivity contribution in [2.75, 3.05) is 5.32 Å². The molecule has 0 aliphatic heterocycles. The van der Waals surface area contributed by atoms with Gasteiger partial charge in [-0.1, -0.05) is 23.7 Å². The van der Waals surface area contributed by atoms with E-state index in [9.17, 15) is 26.7 Å². The van der Waals surface area contributed by atoms with Gasteiger partial charge in [-0.2, -0.15) is 22.0 Å². The number of anilines is 1. The highest BCUT2D eigenvalue weighted by Gasteiger charge is 2.31. The van der Waals surface area contributed by atoms with Crippen LogP contribution >= 0.6 is 11.6 Å². The van der Waals surface area contributed by atoms with Gasteiger partial charge in [0.1, 0.15) is 5.75 Å². The van der Waals surface area contributed by atoms with Crippen LogP contribution in [0.25, 0.3) is 6.08 Å². The first-order chi connectivity index (χ1) is 12.1. The Balaban J connectivity index is 2.01. The topological polar surface area (TPSA) is 51.2 Å². The SMILES string of the molecule is O=C(/C=C/c1ccc(OC(F)F)cc1)Nc1ncc(C(F)(F)F)cc1Cl. The van der Waals surface area contributed by atoms with E-state index in [1.807, 2.05) is 0 Å². The number of nitrogens with zero attached hydrogens (tertiary/aromatic N) is 1.